The van der Waals surface area contributed by atoms with E-state index in [0.29, 0.717) is 6.61 Å². The fraction of sp³-hybridized carbons (Fsp3) is 0.846. The van der Waals surface area contributed by atoms with Gasteiger partial charge in [-0.2, -0.15) is 0 Å². The summed E-state index contributed by atoms with van der Waals surface area (Å²) >= 11 is 0. The molecule has 0 saturated heterocycles. The van der Waals surface area contributed by atoms with E-state index in [9.17, 15) is 0 Å². The van der Waals surface area contributed by atoms with Gasteiger partial charge < -0.3 is 14.2 Å². The van der Waals surface area contributed by atoms with Crippen molar-refractivity contribution in [3.63, 3.8) is 0 Å². The lowest BCUT2D eigenvalue weighted by Gasteiger charge is -2.26. The molecule has 0 amide bonds. The zero-order valence-electron chi connectivity index (χ0n) is 11.9. The van der Waals surface area contributed by atoms with E-state index < -0.39 is 0 Å². The molecule has 0 aliphatic carbocycles. The van der Waals surface area contributed by atoms with Crippen molar-refractivity contribution in [1.29, 1.82) is 0 Å². The summed E-state index contributed by atoms with van der Waals surface area (Å²) in [4.78, 5) is 0. The number of methoxy groups -OCH3 is 2. The minimum absolute atomic E-state index is 0.281. The number of hydrogen-bond acceptors (Lipinski definition) is 3. The maximum atomic E-state index is 5.44. The Morgan fingerprint density at radius 2 is 1.71 bits per heavy atom. The van der Waals surface area contributed by atoms with Crippen LogP contribution in [0.15, 0.2) is 12.2 Å². The van der Waals surface area contributed by atoms with Crippen molar-refractivity contribution in [3.05, 3.63) is 12.2 Å². The van der Waals surface area contributed by atoms with E-state index in [4.69, 9.17) is 14.2 Å². The van der Waals surface area contributed by atoms with Gasteiger partial charge in [-0.1, -0.05) is 25.0 Å². The summed E-state index contributed by atoms with van der Waals surface area (Å²) in [6.07, 6.45) is 5.71. The molecule has 0 saturated carbocycles. The van der Waals surface area contributed by atoms with Crippen molar-refractivity contribution in [2.75, 3.05) is 27.4 Å². The Kier molecular flexibility index (Phi) is 9.73. The lowest BCUT2D eigenvalue weighted by molar-refractivity contribution is -0.146. The average Bonchev–Trinajstić information content (AvgIpc) is 2.32. The van der Waals surface area contributed by atoms with Crippen molar-refractivity contribution in [1.82, 2.24) is 0 Å². The zero-order chi connectivity index (χ0) is 13.1. The predicted molar refractivity (Wildman–Crippen MR) is 75.4 cm³/mol. The molecule has 0 atom stereocenters. The molecule has 0 rings (SSSR count). The molecule has 0 spiro atoms. The lowest BCUT2D eigenvalue weighted by Crippen LogP contribution is -2.33. The topological polar surface area (TPSA) is 27.7 Å². The van der Waals surface area contributed by atoms with Crippen molar-refractivity contribution in [3.8, 4) is 0 Å². The van der Waals surface area contributed by atoms with Gasteiger partial charge in [0.1, 0.15) is 5.41 Å². The molecular weight excluding hydrogens is 232 g/mol. The number of ether oxygens (including phenoxy) is 3. The first kappa shape index (κ1) is 16.8. The van der Waals surface area contributed by atoms with Crippen molar-refractivity contribution in [2.24, 2.45) is 0 Å². The standard InChI is InChI=1S/C13H28O3Si/c1-12(2)11-16-10-8-6-5-7-9-13(17,14-3)15-4/h1,5-11H2,2-4,17H3. The average molecular weight is 260 g/mol. The van der Waals surface area contributed by atoms with E-state index >= 15 is 0 Å². The zero-order valence-corrected chi connectivity index (χ0v) is 13.9. The molecule has 0 aliphatic heterocycles. The summed E-state index contributed by atoms with van der Waals surface area (Å²) < 4.78 is 16.2. The molecular formula is C13H28O3Si. The first-order chi connectivity index (χ1) is 8.04. The van der Waals surface area contributed by atoms with Crippen LogP contribution in [0, 0.1) is 0 Å². The van der Waals surface area contributed by atoms with Gasteiger partial charge in [-0.3, -0.25) is 0 Å². The molecule has 0 aliphatic rings. The molecule has 0 unspecified atom stereocenters. The second-order valence-electron chi connectivity index (χ2n) is 4.72. The second kappa shape index (κ2) is 9.83. The Balaban J connectivity index is 3.32. The first-order valence-corrected chi connectivity index (χ1v) is 7.36. The van der Waals surface area contributed by atoms with Crippen molar-refractivity contribution in [2.45, 2.75) is 44.4 Å². The van der Waals surface area contributed by atoms with Gasteiger partial charge in [-0.05, 0) is 26.2 Å². The maximum Gasteiger partial charge on any atom is 0.140 e. The van der Waals surface area contributed by atoms with Crippen LogP contribution in [0.3, 0.4) is 0 Å². The fourth-order valence-corrected chi connectivity index (χ4v) is 1.89. The van der Waals surface area contributed by atoms with Gasteiger partial charge in [-0.15, -0.1) is 0 Å². The van der Waals surface area contributed by atoms with Crippen LogP contribution in [0.2, 0.25) is 0 Å². The van der Waals surface area contributed by atoms with Crippen LogP contribution in [-0.4, -0.2) is 43.1 Å². The van der Waals surface area contributed by atoms with E-state index in [-0.39, 0.29) is 5.41 Å². The van der Waals surface area contributed by atoms with Crippen LogP contribution in [0.25, 0.3) is 0 Å². The highest BCUT2D eigenvalue weighted by molar-refractivity contribution is 6.13. The minimum Gasteiger partial charge on any atom is -0.377 e. The Bertz CT molecular complexity index is 203. The smallest absolute Gasteiger partial charge is 0.140 e. The maximum absolute atomic E-state index is 5.44. The van der Waals surface area contributed by atoms with Gasteiger partial charge in [-0.25, -0.2) is 0 Å². The van der Waals surface area contributed by atoms with Gasteiger partial charge in [0.25, 0.3) is 0 Å². The van der Waals surface area contributed by atoms with Gasteiger partial charge in [0.15, 0.2) is 0 Å². The summed E-state index contributed by atoms with van der Waals surface area (Å²) in [5.74, 6) is 0. The molecule has 17 heavy (non-hydrogen) atoms. The number of unbranched alkanes of at least 4 members (excludes halogenated alkanes) is 3. The second-order valence-corrected chi connectivity index (χ2v) is 6.24. The molecule has 0 N–H and O–H groups in total. The molecule has 0 fully saturated rings. The Morgan fingerprint density at radius 3 is 2.24 bits per heavy atom. The van der Waals surface area contributed by atoms with Gasteiger partial charge in [0.2, 0.25) is 0 Å². The quantitative estimate of drug-likeness (QED) is 0.245. The molecule has 0 aromatic rings. The van der Waals surface area contributed by atoms with Gasteiger partial charge in [0.05, 0.1) is 16.8 Å². The van der Waals surface area contributed by atoms with Crippen LogP contribution < -0.4 is 0 Å². The summed E-state index contributed by atoms with van der Waals surface area (Å²) in [7, 11) is 4.36. The number of rotatable bonds is 11. The Hall–Kier alpha value is -0.163. The number of hydrogen-bond donors (Lipinski definition) is 0. The lowest BCUT2D eigenvalue weighted by atomic mass is 10.1. The Morgan fingerprint density at radius 1 is 1.12 bits per heavy atom. The van der Waals surface area contributed by atoms with E-state index in [1.807, 2.05) is 6.92 Å². The largest absolute Gasteiger partial charge is 0.377 e. The highest BCUT2D eigenvalue weighted by Crippen LogP contribution is 2.16. The molecule has 3 nitrogen and oxygen atoms in total. The normalized spacial score (nSPS) is 11.9. The highest BCUT2D eigenvalue weighted by atomic mass is 28.1. The Labute approximate surface area is 109 Å². The van der Waals surface area contributed by atoms with E-state index in [0.717, 1.165) is 41.7 Å². The van der Waals surface area contributed by atoms with Crippen molar-refractivity contribution >= 4 is 10.2 Å². The van der Waals surface area contributed by atoms with Gasteiger partial charge >= 0.3 is 0 Å². The van der Waals surface area contributed by atoms with Crippen LogP contribution in [0.5, 0.6) is 0 Å². The molecule has 0 heterocycles. The summed E-state index contributed by atoms with van der Waals surface area (Å²) in [5, 5.41) is 0. The predicted octanol–water partition coefficient (Wildman–Crippen LogP) is 1.84. The third-order valence-corrected chi connectivity index (χ3v) is 4.20. The fourth-order valence-electron chi connectivity index (χ4n) is 1.54. The third-order valence-electron chi connectivity index (χ3n) is 2.88. The summed E-state index contributed by atoms with van der Waals surface area (Å²) in [6, 6.07) is 0. The molecule has 0 radical (unpaired) electrons. The summed E-state index contributed by atoms with van der Waals surface area (Å²) in [5.41, 5.74) is 0.808. The molecule has 4 heteroatoms. The monoisotopic (exact) mass is 260 g/mol. The van der Waals surface area contributed by atoms with E-state index in [1.54, 1.807) is 14.2 Å². The van der Waals surface area contributed by atoms with Crippen LogP contribution in [0.4, 0.5) is 0 Å². The van der Waals surface area contributed by atoms with Gasteiger partial charge in [0, 0.05) is 20.8 Å². The molecule has 0 bridgehead atoms. The van der Waals surface area contributed by atoms with Crippen LogP contribution in [-0.2, 0) is 14.2 Å². The first-order valence-electron chi connectivity index (χ1n) is 6.36. The van der Waals surface area contributed by atoms with Crippen LogP contribution in [0.1, 0.15) is 39.0 Å². The van der Waals surface area contributed by atoms with Crippen LogP contribution >= 0.6 is 0 Å². The van der Waals surface area contributed by atoms with E-state index in [1.165, 1.54) is 12.8 Å². The van der Waals surface area contributed by atoms with Crippen molar-refractivity contribution < 1.29 is 14.2 Å². The van der Waals surface area contributed by atoms with E-state index in [2.05, 4.69) is 6.58 Å². The SMILES string of the molecule is C=C(C)COCCCCCCC([SiH3])(OC)OC. The minimum atomic E-state index is -0.281. The molecule has 0 aromatic carbocycles. The molecule has 0 aromatic heterocycles. The highest BCUT2D eigenvalue weighted by Gasteiger charge is 2.20. The molecule has 102 valence electrons. The summed E-state index contributed by atoms with van der Waals surface area (Å²) in [6.45, 7) is 7.32. The third kappa shape index (κ3) is 9.53.